The Balaban J connectivity index is 0.000000258. The first-order valence-electron chi connectivity index (χ1n) is 29.1. The molecule has 0 bridgehead atoms. The second-order valence-electron chi connectivity index (χ2n) is 18.9. The molecule has 440 valence electrons. The number of carboxylic acid groups (broad SMARTS) is 1. The lowest BCUT2D eigenvalue weighted by Gasteiger charge is -2.15. The van der Waals surface area contributed by atoms with Crippen molar-refractivity contribution in [3.05, 3.63) is 129 Å². The number of hydrogen-bond donors (Lipinski definition) is 1. The Bertz CT molecular complexity index is 5150. The van der Waals surface area contributed by atoms with Crippen LogP contribution in [0, 0.1) is 213 Å². The fourth-order valence-corrected chi connectivity index (χ4v) is 8.84. The van der Waals surface area contributed by atoms with Gasteiger partial charge in [0, 0.05) is 156 Å². The van der Waals surface area contributed by atoms with Crippen molar-refractivity contribution in [3.63, 3.8) is 0 Å². The van der Waals surface area contributed by atoms with Gasteiger partial charge in [-0.25, -0.2) is 8.78 Å². The molecule has 0 unspecified atom stereocenters. The van der Waals surface area contributed by atoms with Crippen molar-refractivity contribution in [1.29, 1.82) is 0 Å². The third-order valence-electron chi connectivity index (χ3n) is 12.3. The Morgan fingerprint density at radius 2 is 0.848 bits per heavy atom. The van der Waals surface area contributed by atoms with Crippen LogP contribution in [0.1, 0.15) is 122 Å². The fourth-order valence-electron chi connectivity index (χ4n) is 8.84. The Hall–Kier alpha value is -13.4. The molecule has 6 aromatic rings. The Morgan fingerprint density at radius 3 is 1.18 bits per heavy atom. The first-order chi connectivity index (χ1) is 45.5. The molecule has 4 heterocycles. The number of hydrogen-bond acceptors (Lipinski definition) is 5. The molecule has 8 rings (SSSR count). The van der Waals surface area contributed by atoms with Gasteiger partial charge in [-0.05, 0) is 239 Å². The van der Waals surface area contributed by atoms with Crippen LogP contribution in [0.2, 0.25) is 0 Å². The zero-order valence-corrected chi connectivity index (χ0v) is 50.4. The number of esters is 1. The second-order valence-corrected chi connectivity index (χ2v) is 18.9. The van der Waals surface area contributed by atoms with Gasteiger partial charge in [-0.15, -0.1) is 0 Å². The zero-order chi connectivity index (χ0) is 67.7. The number of aliphatic imine (C=N–C) groups is 2. The lowest BCUT2D eigenvalue weighted by atomic mass is 9.97. The maximum atomic E-state index is 13.6. The maximum Gasteiger partial charge on any atom is 0.305 e. The number of fused-ring (bicyclic) bond motifs is 4. The quantitative estimate of drug-likeness (QED) is 0.109. The van der Waals surface area contributed by atoms with E-state index in [1.54, 1.807) is 38.1 Å². The SMILES string of the molecule is C.CC#CC#CC#CC#CC#CC#CC#CC#CC#CC#CC#CC#CC#CC#CC#CC#CC#CC.COC(=O)CCc1c(C(C)C)n(-c2ccc(F)cc2)c2cc3c(cc12)CN=C3.[2H]C1=NCc2cc3c(CC([2H])([2H])C(=O)O)c(C(C)C)n(-c4ccc(F)cc4)c3cc21. The van der Waals surface area contributed by atoms with Crippen LogP contribution in [-0.2, 0) is 40.3 Å². The highest BCUT2D eigenvalue weighted by Crippen LogP contribution is 2.39. The number of aromatic nitrogens is 2. The van der Waals surface area contributed by atoms with Crippen LogP contribution >= 0.6 is 0 Å². The van der Waals surface area contributed by atoms with Crippen molar-refractivity contribution < 1.29 is 32.3 Å². The van der Waals surface area contributed by atoms with E-state index in [9.17, 15) is 23.5 Å². The minimum atomic E-state index is -2.44. The Kier molecular flexibility index (Phi) is 26.6. The van der Waals surface area contributed by atoms with Gasteiger partial charge in [0.2, 0.25) is 0 Å². The summed E-state index contributed by atoms with van der Waals surface area (Å²) in [5.74, 6) is 83.4. The number of methoxy groups -OCH3 is 1. The highest BCUT2D eigenvalue weighted by Gasteiger charge is 2.25. The number of aliphatic carboxylic acids is 1. The molecule has 0 fully saturated rings. The van der Waals surface area contributed by atoms with Crippen LogP contribution in [0.15, 0.2) is 82.8 Å². The van der Waals surface area contributed by atoms with Crippen molar-refractivity contribution in [2.45, 2.75) is 99.5 Å². The standard InChI is InChI=1S/C36H6.C23H23FN2O2.C22H21FN2O2.CH4/c1-3-5-7-9-11-13-15-17-19-21-23-25-27-29-31-33-35-36-34-32-30-28-26-24-22-20-18-16-14-12-10-8-6-4-2;1-14(2)23-19(8-9-22(27)28-3)20-10-15-12-25-13-16(15)11-21(20)26(23)18-6-4-17(24)5-7-18;1-13(2)22-18(7-8-21(26)27)19-9-14-11-24-12-15(14)10-20(19)25(22)17-5-3-16(23)4-6-17;/h1-2H3;4-7,10-11,13-14H,8-9,12H2,1-3H3;3-6,9-10,12-13H,7-8,11H2,1-2H3,(H,26,27);1H4/i;;8D2,12D;. The van der Waals surface area contributed by atoms with Crippen molar-refractivity contribution in [2.75, 3.05) is 7.11 Å². The van der Waals surface area contributed by atoms with E-state index in [1.165, 1.54) is 36.9 Å². The van der Waals surface area contributed by atoms with E-state index in [4.69, 9.17) is 8.85 Å². The summed E-state index contributed by atoms with van der Waals surface area (Å²) in [5, 5.41) is 11.2. The minimum Gasteiger partial charge on any atom is -0.481 e. The van der Waals surface area contributed by atoms with E-state index in [-0.39, 0.29) is 49.5 Å². The molecule has 4 aromatic carbocycles. The molecular formula is C82H54F2N4O4. The molecule has 0 saturated heterocycles. The molecule has 2 aromatic heterocycles. The number of halogens is 2. The summed E-state index contributed by atoms with van der Waals surface area (Å²) >= 11 is 0. The highest BCUT2D eigenvalue weighted by molar-refractivity contribution is 5.97. The number of carbonyl (C=O) groups is 2. The van der Waals surface area contributed by atoms with Crippen LogP contribution in [0.4, 0.5) is 8.78 Å². The molecule has 1 N–H and O–H groups in total. The van der Waals surface area contributed by atoms with Crippen LogP contribution in [0.3, 0.4) is 0 Å². The van der Waals surface area contributed by atoms with Gasteiger partial charge in [0.15, 0.2) is 0 Å². The van der Waals surface area contributed by atoms with Crippen molar-refractivity contribution in [3.8, 4) is 213 Å². The predicted molar refractivity (Wildman–Crippen MR) is 364 cm³/mol. The number of nitrogens with zero attached hydrogens (tertiary/aromatic N) is 4. The van der Waals surface area contributed by atoms with Gasteiger partial charge in [-0.1, -0.05) is 47.0 Å². The molecule has 92 heavy (non-hydrogen) atoms. The second kappa shape index (κ2) is 37.9. The molecule has 8 nitrogen and oxygen atoms in total. The predicted octanol–water partition coefficient (Wildman–Crippen LogP) is 11.5. The highest BCUT2D eigenvalue weighted by atomic mass is 19.1. The molecule has 0 saturated carbocycles. The molecule has 10 heteroatoms. The summed E-state index contributed by atoms with van der Waals surface area (Å²) in [6.45, 7) is 12.6. The van der Waals surface area contributed by atoms with E-state index >= 15 is 0 Å². The largest absolute Gasteiger partial charge is 0.481 e. The van der Waals surface area contributed by atoms with Crippen LogP contribution in [0.25, 0.3) is 33.2 Å². The van der Waals surface area contributed by atoms with Crippen molar-refractivity contribution >= 4 is 46.1 Å². The molecule has 0 spiro atoms. The summed E-state index contributed by atoms with van der Waals surface area (Å²) < 4.78 is 60.2. The lowest BCUT2D eigenvalue weighted by molar-refractivity contribution is -0.140. The Labute approximate surface area is 543 Å². The summed E-state index contributed by atoms with van der Waals surface area (Å²) in [6, 6.07) is 20.6. The van der Waals surface area contributed by atoms with Crippen LogP contribution in [-0.4, -0.2) is 45.7 Å². The van der Waals surface area contributed by atoms with E-state index in [0.29, 0.717) is 42.7 Å². The van der Waals surface area contributed by atoms with Gasteiger partial charge in [0.05, 0.1) is 32.6 Å². The van der Waals surface area contributed by atoms with Gasteiger partial charge in [-0.3, -0.25) is 19.6 Å². The van der Waals surface area contributed by atoms with Crippen LogP contribution in [0.5, 0.6) is 0 Å². The van der Waals surface area contributed by atoms with Gasteiger partial charge in [-0.2, -0.15) is 0 Å². The van der Waals surface area contributed by atoms with Gasteiger partial charge in [0.1, 0.15) is 11.6 Å². The molecule has 0 amide bonds. The van der Waals surface area contributed by atoms with Gasteiger partial charge >= 0.3 is 11.9 Å². The molecule has 0 aliphatic carbocycles. The third-order valence-corrected chi connectivity index (χ3v) is 12.3. The molecule has 2 aliphatic heterocycles. The smallest absolute Gasteiger partial charge is 0.305 e. The van der Waals surface area contributed by atoms with Crippen molar-refractivity contribution in [2.24, 2.45) is 9.98 Å². The molecular weight excluding hydrogens is 1140 g/mol. The minimum absolute atomic E-state index is 0. The molecule has 2 aliphatic rings. The number of rotatable bonds is 10. The fraction of sp³-hybridized carbons (Fsp3) is 0.195. The Morgan fingerprint density at radius 1 is 0.522 bits per heavy atom. The maximum absolute atomic E-state index is 13.6. The first-order valence-corrected chi connectivity index (χ1v) is 27.6. The number of carboxylic acids is 1. The van der Waals surface area contributed by atoms with E-state index in [0.717, 1.165) is 55.6 Å². The van der Waals surface area contributed by atoms with Gasteiger partial charge in [0.25, 0.3) is 0 Å². The average Bonchev–Trinajstić information content (AvgIpc) is 1.60. The van der Waals surface area contributed by atoms with E-state index in [2.05, 4.69) is 242 Å². The normalized spacial score (nSPS) is 9.95. The number of benzene rings is 4. The summed E-state index contributed by atoms with van der Waals surface area (Å²) in [6.07, 6.45) is 0.277. The lowest BCUT2D eigenvalue weighted by Crippen LogP contribution is -2.07. The summed E-state index contributed by atoms with van der Waals surface area (Å²) in [4.78, 5) is 31.9. The van der Waals surface area contributed by atoms with Gasteiger partial charge < -0.3 is 19.0 Å². The van der Waals surface area contributed by atoms with E-state index < -0.39 is 12.3 Å². The number of aryl methyl sites for hydroxylation is 2. The summed E-state index contributed by atoms with van der Waals surface area (Å²) in [5.41, 5.74) is 10.9. The number of carbonyl (C=O) groups excluding carboxylic acids is 1. The topological polar surface area (TPSA) is 98.2 Å². The monoisotopic (exact) mass is 1200 g/mol. The van der Waals surface area contributed by atoms with E-state index in [1.807, 2.05) is 36.8 Å². The van der Waals surface area contributed by atoms with Crippen molar-refractivity contribution in [1.82, 2.24) is 9.13 Å². The summed E-state index contributed by atoms with van der Waals surface area (Å²) in [7, 11) is 1.41. The zero-order valence-electron chi connectivity index (χ0n) is 53.4. The molecule has 0 atom stereocenters. The molecule has 0 radical (unpaired) electrons. The average molecular weight is 1200 g/mol. The first kappa shape index (κ1) is 64.6. The number of ether oxygens (including phenoxy) is 1. The van der Waals surface area contributed by atoms with Crippen LogP contribution < -0.4 is 0 Å². The third kappa shape index (κ3) is 21.2.